The first-order valence-electron chi connectivity index (χ1n) is 7.88. The molecule has 3 rings (SSSR count). The summed E-state index contributed by atoms with van der Waals surface area (Å²) in [4.78, 5) is 12.4. The second-order valence-corrected chi connectivity index (χ2v) is 5.85. The third-order valence-electron chi connectivity index (χ3n) is 4.34. The average Bonchev–Trinajstić information content (AvgIpc) is 2.78. The van der Waals surface area contributed by atoms with Gasteiger partial charge in [0.2, 0.25) is 0 Å². The molecule has 0 amide bonds. The molecule has 4 nitrogen and oxygen atoms in total. The van der Waals surface area contributed by atoms with Gasteiger partial charge in [-0.25, -0.2) is 0 Å². The van der Waals surface area contributed by atoms with Crippen LogP contribution in [-0.2, 0) is 6.54 Å². The van der Waals surface area contributed by atoms with Crippen LogP contribution in [0.25, 0.3) is 10.6 Å². The topological polar surface area (TPSA) is 54.5 Å². The fourth-order valence-corrected chi connectivity index (χ4v) is 3.01. The number of Topliss-reactive ketones (excluding diaryl/α,β-unsaturated/α-hetero) is 1. The van der Waals surface area contributed by atoms with E-state index in [-0.39, 0.29) is 93.9 Å². The number of ketones is 1. The molecule has 0 unspecified atom stereocenters. The number of rotatable bonds is 4. The van der Waals surface area contributed by atoms with Crippen LogP contribution in [0.3, 0.4) is 0 Å². The molecule has 2 aliphatic heterocycles. The van der Waals surface area contributed by atoms with Crippen molar-refractivity contribution < 1.29 is 97.7 Å². The number of ether oxygens (including phenoxy) is 1. The first kappa shape index (κ1) is 22.5. The molecule has 2 heterocycles. The minimum Gasteiger partial charge on any atom is -0.662 e. The van der Waals surface area contributed by atoms with Gasteiger partial charge in [-0.05, 0) is 36.1 Å². The molecular formula is C17H22Ac2N2O2-2. The van der Waals surface area contributed by atoms with Crippen LogP contribution in [0.15, 0.2) is 18.2 Å². The number of nitrogens with zero attached hydrogens (tertiary/aromatic N) is 2. The second kappa shape index (κ2) is 12.0. The number of piperidine rings is 1. The molecule has 1 saturated heterocycles. The first-order chi connectivity index (χ1) is 10.3. The largest absolute Gasteiger partial charge is 0.662 e. The number of carbonyl (C=O) groups excluding carboxylic acids is 1. The maximum Gasteiger partial charge on any atom is 0.162 e. The van der Waals surface area contributed by atoms with Gasteiger partial charge in [0.05, 0.1) is 6.61 Å². The molecule has 0 atom stereocenters. The van der Waals surface area contributed by atoms with E-state index >= 15 is 0 Å². The Morgan fingerprint density at radius 3 is 2.70 bits per heavy atom. The van der Waals surface area contributed by atoms with Crippen molar-refractivity contribution in [2.45, 2.75) is 32.2 Å². The van der Waals surface area contributed by atoms with Crippen LogP contribution in [0.2, 0.25) is 0 Å². The van der Waals surface area contributed by atoms with Crippen molar-refractivity contribution >= 4 is 5.78 Å². The van der Waals surface area contributed by atoms with Gasteiger partial charge in [0, 0.05) is 100 Å². The number of hydrogen-bond acceptors (Lipinski definition) is 2. The zero-order valence-corrected chi connectivity index (χ0v) is 23.0. The van der Waals surface area contributed by atoms with Crippen molar-refractivity contribution in [1.29, 1.82) is 0 Å². The summed E-state index contributed by atoms with van der Waals surface area (Å²) < 4.78 is 5.62. The summed E-state index contributed by atoms with van der Waals surface area (Å²) in [6.07, 6.45) is 3.92. The maximum atomic E-state index is 12.4. The molecule has 23 heavy (non-hydrogen) atoms. The predicted molar refractivity (Wildman–Crippen MR) is 83.2 cm³/mol. The SMILES string of the molecule is O=C(CCC1CC[N-]CC1)c1ccc2c(c1)C[N-]CCO2.[Ac].[Ac]. The Hall–Kier alpha value is 1.49. The molecule has 0 aliphatic carbocycles. The number of benzene rings is 1. The van der Waals surface area contributed by atoms with Gasteiger partial charge in [0.15, 0.2) is 5.78 Å². The van der Waals surface area contributed by atoms with E-state index in [1.807, 2.05) is 18.2 Å². The van der Waals surface area contributed by atoms with Crippen molar-refractivity contribution in [1.82, 2.24) is 0 Å². The van der Waals surface area contributed by atoms with E-state index in [0.717, 1.165) is 55.8 Å². The minimum absolute atomic E-state index is 0. The average molecular weight is 740 g/mol. The van der Waals surface area contributed by atoms with Gasteiger partial charge in [-0.3, -0.25) is 4.79 Å². The quantitative estimate of drug-likeness (QED) is 0.443. The van der Waals surface area contributed by atoms with E-state index in [9.17, 15) is 4.79 Å². The molecule has 2 aliphatic rings. The smallest absolute Gasteiger partial charge is 0.162 e. The standard InChI is InChI=1S/C17H22N2O2.2Ac/c20-16(3-1-13-5-7-18-8-6-13)14-2-4-17-15(11-14)12-19-9-10-21-17;;/h2,4,11,13H,1,3,5-10,12H2;;/q-2;;. The Labute approximate surface area is 210 Å². The van der Waals surface area contributed by atoms with Gasteiger partial charge in [0.1, 0.15) is 5.75 Å². The summed E-state index contributed by atoms with van der Waals surface area (Å²) in [7, 11) is 0. The van der Waals surface area contributed by atoms with Crippen molar-refractivity contribution in [3.63, 3.8) is 0 Å². The molecule has 1 aromatic carbocycles. The third kappa shape index (κ3) is 6.96. The fraction of sp³-hybridized carbons (Fsp3) is 0.588. The summed E-state index contributed by atoms with van der Waals surface area (Å²) in [5, 5.41) is 8.75. The molecular weight excluding hydrogens is 718 g/mol. The minimum atomic E-state index is 0. The number of carbonyl (C=O) groups is 1. The molecule has 120 valence electrons. The van der Waals surface area contributed by atoms with Gasteiger partial charge in [-0.1, -0.05) is 12.8 Å². The van der Waals surface area contributed by atoms with Crippen molar-refractivity contribution in [2.75, 3.05) is 26.2 Å². The summed E-state index contributed by atoms with van der Waals surface area (Å²) in [6.45, 7) is 3.95. The van der Waals surface area contributed by atoms with Crippen LogP contribution in [0.5, 0.6) is 5.75 Å². The number of fused-ring (bicyclic) bond motifs is 1. The van der Waals surface area contributed by atoms with Gasteiger partial charge in [-0.15, -0.1) is 26.2 Å². The molecule has 1 fully saturated rings. The predicted octanol–water partition coefficient (Wildman–Crippen LogP) is 3.70. The Kier molecular flexibility index (Phi) is 11.7. The number of hydrogen-bond donors (Lipinski definition) is 0. The van der Waals surface area contributed by atoms with E-state index in [1.54, 1.807) is 0 Å². The molecule has 0 spiro atoms. The Morgan fingerprint density at radius 2 is 1.91 bits per heavy atom. The molecule has 0 N–H and O–H groups in total. The maximum absolute atomic E-state index is 12.4. The monoisotopic (exact) mass is 740 g/mol. The van der Waals surface area contributed by atoms with E-state index in [1.165, 1.54) is 0 Å². The molecule has 2 radical (unpaired) electrons. The summed E-state index contributed by atoms with van der Waals surface area (Å²) in [5.74, 6) is 1.79. The van der Waals surface area contributed by atoms with Crippen LogP contribution in [-0.4, -0.2) is 32.0 Å². The molecule has 0 saturated carbocycles. The van der Waals surface area contributed by atoms with E-state index in [2.05, 4.69) is 10.6 Å². The first-order valence-corrected chi connectivity index (χ1v) is 7.88. The van der Waals surface area contributed by atoms with Crippen LogP contribution in [0.1, 0.15) is 41.6 Å². The molecule has 0 aromatic heterocycles. The van der Waals surface area contributed by atoms with Crippen LogP contribution >= 0.6 is 0 Å². The van der Waals surface area contributed by atoms with E-state index in [4.69, 9.17) is 4.74 Å². The van der Waals surface area contributed by atoms with Crippen molar-refractivity contribution in [2.24, 2.45) is 5.92 Å². The second-order valence-electron chi connectivity index (χ2n) is 5.85. The Bertz CT molecular complexity index is 505. The van der Waals surface area contributed by atoms with Gasteiger partial charge in [-0.2, -0.15) is 0 Å². The summed E-state index contributed by atoms with van der Waals surface area (Å²) in [6, 6.07) is 5.77. The van der Waals surface area contributed by atoms with Gasteiger partial charge >= 0.3 is 0 Å². The van der Waals surface area contributed by atoms with Crippen molar-refractivity contribution in [3.05, 3.63) is 40.0 Å². The van der Waals surface area contributed by atoms with Gasteiger partial charge < -0.3 is 15.4 Å². The zero-order chi connectivity index (χ0) is 14.5. The van der Waals surface area contributed by atoms with E-state index in [0.29, 0.717) is 25.5 Å². The Morgan fingerprint density at radius 1 is 1.13 bits per heavy atom. The van der Waals surface area contributed by atoms with Crippen LogP contribution < -0.4 is 4.74 Å². The third-order valence-corrected chi connectivity index (χ3v) is 4.34. The van der Waals surface area contributed by atoms with Crippen LogP contribution in [0, 0.1) is 94.0 Å². The van der Waals surface area contributed by atoms with Crippen molar-refractivity contribution in [3.8, 4) is 5.75 Å². The fourth-order valence-electron chi connectivity index (χ4n) is 3.01. The van der Waals surface area contributed by atoms with Gasteiger partial charge in [0.25, 0.3) is 0 Å². The van der Waals surface area contributed by atoms with E-state index < -0.39 is 0 Å². The van der Waals surface area contributed by atoms with Crippen LogP contribution in [0.4, 0.5) is 0 Å². The zero-order valence-electron chi connectivity index (χ0n) is 13.5. The summed E-state index contributed by atoms with van der Waals surface area (Å²) in [5.41, 5.74) is 1.84. The molecule has 0 bridgehead atoms. The molecule has 6 heteroatoms. The Balaban J connectivity index is 0.00000132. The normalized spacial score (nSPS) is 17.7. The molecule has 1 aromatic rings. The summed E-state index contributed by atoms with van der Waals surface area (Å²) >= 11 is 0.